The molecule has 30 heavy (non-hydrogen) atoms. The van der Waals surface area contributed by atoms with Crippen molar-refractivity contribution in [3.8, 4) is 0 Å². The fourth-order valence-electron chi connectivity index (χ4n) is 4.20. The smallest absolute Gasteiger partial charge is 0.263 e. The second-order valence-corrected chi connectivity index (χ2v) is 8.76. The van der Waals surface area contributed by atoms with E-state index in [0.717, 1.165) is 28.3 Å². The van der Waals surface area contributed by atoms with E-state index in [-0.39, 0.29) is 17.7 Å². The monoisotopic (exact) mass is 421 g/mol. The van der Waals surface area contributed by atoms with E-state index in [0.29, 0.717) is 38.3 Å². The second-order valence-electron chi connectivity index (χ2n) is 7.81. The van der Waals surface area contributed by atoms with Gasteiger partial charge in [0.15, 0.2) is 11.6 Å². The topological polar surface area (TPSA) is 69.6 Å². The molecule has 0 radical (unpaired) electrons. The maximum absolute atomic E-state index is 13.4. The van der Waals surface area contributed by atoms with Gasteiger partial charge < -0.3 is 9.80 Å². The van der Waals surface area contributed by atoms with Gasteiger partial charge in [-0.15, -0.1) is 11.3 Å². The number of hydrogen-bond donors (Lipinski definition) is 0. The molecule has 0 atom stereocenters. The van der Waals surface area contributed by atoms with Crippen molar-refractivity contribution in [2.75, 3.05) is 43.0 Å². The lowest BCUT2D eigenvalue weighted by atomic mass is 9.94. The molecule has 0 spiro atoms. The van der Waals surface area contributed by atoms with Gasteiger partial charge in [-0.2, -0.15) is 0 Å². The van der Waals surface area contributed by atoms with Crippen molar-refractivity contribution >= 4 is 45.8 Å². The van der Waals surface area contributed by atoms with Crippen LogP contribution >= 0.6 is 11.3 Å². The number of thiophene rings is 1. The fraction of sp³-hybridized carbons (Fsp3) is 0.364. The number of piperidine rings is 1. The van der Waals surface area contributed by atoms with E-state index >= 15 is 0 Å². The molecular weight excluding hydrogens is 398 g/mol. The zero-order valence-corrected chi connectivity index (χ0v) is 17.6. The van der Waals surface area contributed by atoms with Crippen molar-refractivity contribution in [2.24, 2.45) is 5.92 Å². The minimum Gasteiger partial charge on any atom is -0.355 e. The molecule has 2 aromatic heterocycles. The lowest BCUT2D eigenvalue weighted by Crippen LogP contribution is -2.49. The molecule has 1 saturated heterocycles. The van der Waals surface area contributed by atoms with Crippen molar-refractivity contribution in [2.45, 2.75) is 12.8 Å². The highest BCUT2D eigenvalue weighted by Gasteiger charge is 2.35. The zero-order valence-electron chi connectivity index (χ0n) is 16.8. The van der Waals surface area contributed by atoms with Gasteiger partial charge in [0.2, 0.25) is 5.91 Å². The van der Waals surface area contributed by atoms with Crippen molar-refractivity contribution < 1.29 is 9.59 Å². The average Bonchev–Trinajstić information content (AvgIpc) is 3.33. The molecule has 0 N–H and O–H groups in total. The van der Waals surface area contributed by atoms with E-state index in [4.69, 9.17) is 9.97 Å². The number of carbonyl (C=O) groups excluding carboxylic acids is 2. The van der Waals surface area contributed by atoms with Crippen LogP contribution in [-0.2, 0) is 4.79 Å². The molecule has 2 amide bonds. The molecule has 7 nitrogen and oxygen atoms in total. The number of rotatable bonds is 2. The molecule has 2 aliphatic rings. The van der Waals surface area contributed by atoms with Crippen molar-refractivity contribution in [1.29, 1.82) is 0 Å². The van der Waals surface area contributed by atoms with E-state index in [1.165, 1.54) is 11.3 Å². The first-order valence-electron chi connectivity index (χ1n) is 10.2. The van der Waals surface area contributed by atoms with Gasteiger partial charge in [-0.05, 0) is 36.4 Å². The molecule has 1 aromatic carbocycles. The Hall–Kier alpha value is -3.00. The highest BCUT2D eigenvalue weighted by Crippen LogP contribution is 2.33. The van der Waals surface area contributed by atoms with Crippen LogP contribution in [0.5, 0.6) is 0 Å². The van der Waals surface area contributed by atoms with E-state index in [2.05, 4.69) is 4.90 Å². The van der Waals surface area contributed by atoms with Gasteiger partial charge in [-0.1, -0.05) is 18.2 Å². The van der Waals surface area contributed by atoms with Gasteiger partial charge in [-0.3, -0.25) is 14.5 Å². The van der Waals surface area contributed by atoms with E-state index < -0.39 is 0 Å². The van der Waals surface area contributed by atoms with Crippen LogP contribution in [0.3, 0.4) is 0 Å². The average molecular weight is 422 g/mol. The quantitative estimate of drug-likeness (QED) is 0.636. The van der Waals surface area contributed by atoms with Gasteiger partial charge in [0, 0.05) is 39.1 Å². The van der Waals surface area contributed by atoms with Gasteiger partial charge in [0.1, 0.15) is 0 Å². The summed E-state index contributed by atoms with van der Waals surface area (Å²) >= 11 is 1.46. The predicted molar refractivity (Wildman–Crippen MR) is 118 cm³/mol. The molecule has 1 fully saturated rings. The Morgan fingerprint density at radius 2 is 1.63 bits per heavy atom. The number of likely N-dealkylation sites (tertiary alicyclic amines) is 1. The Labute approximate surface area is 178 Å². The summed E-state index contributed by atoms with van der Waals surface area (Å²) in [4.78, 5) is 42.0. The third-order valence-corrected chi connectivity index (χ3v) is 6.80. The summed E-state index contributed by atoms with van der Waals surface area (Å²) in [5, 5.41) is 1.92. The van der Waals surface area contributed by atoms with Crippen molar-refractivity contribution in [3.05, 3.63) is 46.7 Å². The molecule has 0 aliphatic carbocycles. The number of amides is 2. The number of fused-ring (bicyclic) bond motifs is 2. The number of hydrogen-bond acceptors (Lipinski definition) is 6. The normalized spacial score (nSPS) is 17.3. The molecule has 2 aliphatic heterocycles. The van der Waals surface area contributed by atoms with Gasteiger partial charge in [0.05, 0.1) is 15.9 Å². The van der Waals surface area contributed by atoms with Gasteiger partial charge in [-0.25, -0.2) is 9.97 Å². The molecule has 0 unspecified atom stereocenters. The number of anilines is 2. The van der Waals surface area contributed by atoms with E-state index in [1.807, 2.05) is 53.7 Å². The lowest BCUT2D eigenvalue weighted by molar-refractivity contribution is -0.123. The minimum atomic E-state index is -0.0955. The van der Waals surface area contributed by atoms with Crippen LogP contribution in [0.25, 0.3) is 11.0 Å². The Morgan fingerprint density at radius 1 is 0.933 bits per heavy atom. The summed E-state index contributed by atoms with van der Waals surface area (Å²) in [6.07, 6.45) is 1.36. The minimum absolute atomic E-state index is 0.0678. The SMILES string of the molecule is CN1CCN(C(=O)C2CCN(C(=O)c3cccs3)CC2)c2nc3ccccc3nc21. The summed E-state index contributed by atoms with van der Waals surface area (Å²) in [6.45, 7) is 2.54. The van der Waals surface area contributed by atoms with Crippen LogP contribution in [0.2, 0.25) is 0 Å². The highest BCUT2D eigenvalue weighted by atomic mass is 32.1. The third-order valence-electron chi connectivity index (χ3n) is 5.94. The van der Waals surface area contributed by atoms with E-state index in [1.54, 1.807) is 4.90 Å². The number of carbonyl (C=O) groups is 2. The van der Waals surface area contributed by atoms with Crippen LogP contribution in [0, 0.1) is 5.92 Å². The first-order valence-corrected chi connectivity index (χ1v) is 11.1. The Morgan fingerprint density at radius 3 is 2.30 bits per heavy atom. The summed E-state index contributed by atoms with van der Waals surface area (Å²) in [7, 11) is 1.98. The molecule has 0 saturated carbocycles. The molecular formula is C22H23N5O2S. The van der Waals surface area contributed by atoms with Crippen LogP contribution in [0.1, 0.15) is 22.5 Å². The fourth-order valence-corrected chi connectivity index (χ4v) is 4.89. The van der Waals surface area contributed by atoms with Gasteiger partial charge in [0.25, 0.3) is 5.91 Å². The molecule has 5 rings (SSSR count). The van der Waals surface area contributed by atoms with Crippen molar-refractivity contribution in [3.63, 3.8) is 0 Å². The Kier molecular flexibility index (Phi) is 4.86. The third kappa shape index (κ3) is 3.31. The number of para-hydroxylation sites is 2. The number of likely N-dealkylation sites (N-methyl/N-ethyl adjacent to an activating group) is 1. The number of nitrogens with zero attached hydrogens (tertiary/aromatic N) is 5. The Balaban J connectivity index is 1.34. The maximum Gasteiger partial charge on any atom is 0.263 e. The molecule has 0 bridgehead atoms. The van der Waals surface area contributed by atoms with Crippen molar-refractivity contribution in [1.82, 2.24) is 14.9 Å². The summed E-state index contributed by atoms with van der Waals surface area (Å²) in [6, 6.07) is 11.5. The largest absolute Gasteiger partial charge is 0.355 e. The Bertz CT molecular complexity index is 1090. The summed E-state index contributed by atoms with van der Waals surface area (Å²) in [5.74, 6) is 1.46. The van der Waals surface area contributed by atoms with E-state index in [9.17, 15) is 9.59 Å². The zero-order chi connectivity index (χ0) is 20.7. The second kappa shape index (κ2) is 7.68. The van der Waals surface area contributed by atoms with Crippen LogP contribution < -0.4 is 9.80 Å². The van der Waals surface area contributed by atoms with Gasteiger partial charge >= 0.3 is 0 Å². The lowest BCUT2D eigenvalue weighted by Gasteiger charge is -2.37. The molecule has 4 heterocycles. The molecule has 154 valence electrons. The molecule has 3 aromatic rings. The first kappa shape index (κ1) is 19.0. The first-order chi connectivity index (χ1) is 14.6. The molecule has 8 heteroatoms. The summed E-state index contributed by atoms with van der Waals surface area (Å²) in [5.41, 5.74) is 1.62. The highest BCUT2D eigenvalue weighted by molar-refractivity contribution is 7.12. The number of aromatic nitrogens is 2. The number of benzene rings is 1. The maximum atomic E-state index is 13.4. The summed E-state index contributed by atoms with van der Waals surface area (Å²) < 4.78 is 0. The van der Waals surface area contributed by atoms with Crippen LogP contribution in [-0.4, -0.2) is 59.9 Å². The standard InChI is InChI=1S/C22H23N5O2S/c1-25-12-13-27(20-19(25)23-16-5-2-3-6-17(16)24-20)21(28)15-8-10-26(11-9-15)22(29)18-7-4-14-30-18/h2-7,14-15H,8-13H2,1H3. The predicted octanol–water partition coefficient (Wildman–Crippen LogP) is 3.03. The van der Waals surface area contributed by atoms with Crippen LogP contribution in [0.15, 0.2) is 41.8 Å². The van der Waals surface area contributed by atoms with Crippen LogP contribution in [0.4, 0.5) is 11.6 Å².